The van der Waals surface area contributed by atoms with Crippen molar-refractivity contribution in [3.8, 4) is 5.75 Å². The van der Waals surface area contributed by atoms with E-state index in [4.69, 9.17) is 17.0 Å². The van der Waals surface area contributed by atoms with Gasteiger partial charge in [-0.05, 0) is 48.5 Å². The van der Waals surface area contributed by atoms with Crippen LogP contribution in [0, 0.1) is 0 Å². The average Bonchev–Trinajstić information content (AvgIpc) is 2.97. The first kappa shape index (κ1) is 14.4. The fourth-order valence-corrected chi connectivity index (χ4v) is 2.53. The zero-order valence-corrected chi connectivity index (χ0v) is 13.0. The molecule has 0 unspecified atom stereocenters. The van der Waals surface area contributed by atoms with Crippen molar-refractivity contribution in [3.05, 3.63) is 65.7 Å². The van der Waals surface area contributed by atoms with Crippen LogP contribution in [-0.4, -0.2) is 12.2 Å². The fourth-order valence-electron chi connectivity index (χ4n) is 2.36. The molecule has 1 aliphatic carbocycles. The summed E-state index contributed by atoms with van der Waals surface area (Å²) in [7, 11) is 1.64. The van der Waals surface area contributed by atoms with Gasteiger partial charge in [-0.15, -0.1) is 0 Å². The molecule has 112 valence electrons. The van der Waals surface area contributed by atoms with Crippen LogP contribution in [0.1, 0.15) is 11.1 Å². The summed E-state index contributed by atoms with van der Waals surface area (Å²) in [5, 5.41) is 3.63. The normalized spacial score (nSPS) is 12.1. The maximum absolute atomic E-state index is 5.29. The topological polar surface area (TPSA) is 45.3 Å². The predicted molar refractivity (Wildman–Crippen MR) is 93.6 cm³/mol. The van der Waals surface area contributed by atoms with Gasteiger partial charge in [-0.1, -0.05) is 30.3 Å². The zero-order valence-electron chi connectivity index (χ0n) is 12.2. The first-order valence-corrected chi connectivity index (χ1v) is 7.42. The van der Waals surface area contributed by atoms with E-state index in [-0.39, 0.29) is 0 Å². The van der Waals surface area contributed by atoms with Crippen molar-refractivity contribution < 1.29 is 4.74 Å². The van der Waals surface area contributed by atoms with Crippen LogP contribution < -0.4 is 20.9 Å². The summed E-state index contributed by atoms with van der Waals surface area (Å²) in [6.07, 6.45) is 3.09. The zero-order chi connectivity index (χ0) is 15.4. The van der Waals surface area contributed by atoms with Crippen molar-refractivity contribution in [2.75, 3.05) is 12.4 Å². The van der Waals surface area contributed by atoms with Crippen LogP contribution in [-0.2, 0) is 6.42 Å². The van der Waals surface area contributed by atoms with E-state index in [1.54, 1.807) is 7.11 Å². The van der Waals surface area contributed by atoms with Crippen molar-refractivity contribution in [2.24, 2.45) is 0 Å². The van der Waals surface area contributed by atoms with Gasteiger partial charge >= 0.3 is 0 Å². The number of benzene rings is 2. The van der Waals surface area contributed by atoms with Crippen LogP contribution in [0.25, 0.3) is 5.70 Å². The highest BCUT2D eigenvalue weighted by Gasteiger charge is 2.12. The molecule has 22 heavy (non-hydrogen) atoms. The lowest BCUT2D eigenvalue weighted by molar-refractivity contribution is 0.415. The number of nitrogens with one attached hydrogen (secondary N) is 3. The van der Waals surface area contributed by atoms with Crippen LogP contribution in [0.3, 0.4) is 0 Å². The molecule has 0 saturated carbocycles. The minimum atomic E-state index is 0.510. The second-order valence-corrected chi connectivity index (χ2v) is 5.32. The van der Waals surface area contributed by atoms with Crippen molar-refractivity contribution in [1.29, 1.82) is 0 Å². The molecule has 1 aliphatic rings. The van der Waals surface area contributed by atoms with E-state index < -0.39 is 0 Å². The number of anilines is 1. The number of allylic oxidation sites excluding steroid dienone is 1. The van der Waals surface area contributed by atoms with E-state index >= 15 is 0 Å². The molecule has 0 bridgehead atoms. The summed E-state index contributed by atoms with van der Waals surface area (Å²) in [6.45, 7) is 0. The molecule has 2 aromatic rings. The number of hydrazine groups is 1. The SMILES string of the molecule is COc1ccc(NC(=S)NNC2=CCc3ccccc32)cc1. The Morgan fingerprint density at radius 1 is 1.09 bits per heavy atom. The molecule has 0 amide bonds. The van der Waals surface area contributed by atoms with Gasteiger partial charge in [-0.25, -0.2) is 0 Å². The number of ether oxygens (including phenoxy) is 1. The minimum absolute atomic E-state index is 0.510. The highest BCUT2D eigenvalue weighted by Crippen LogP contribution is 2.24. The predicted octanol–water partition coefficient (Wildman–Crippen LogP) is 3.08. The van der Waals surface area contributed by atoms with E-state index in [0.29, 0.717) is 5.11 Å². The van der Waals surface area contributed by atoms with Gasteiger partial charge in [0.15, 0.2) is 5.11 Å². The quantitative estimate of drug-likeness (QED) is 0.598. The van der Waals surface area contributed by atoms with Crippen LogP contribution in [0.2, 0.25) is 0 Å². The molecule has 0 fully saturated rings. The van der Waals surface area contributed by atoms with E-state index in [1.165, 1.54) is 11.1 Å². The van der Waals surface area contributed by atoms with Crippen molar-refractivity contribution in [1.82, 2.24) is 10.9 Å². The summed E-state index contributed by atoms with van der Waals surface area (Å²) in [4.78, 5) is 0. The average molecular weight is 311 g/mol. The Balaban J connectivity index is 1.55. The Morgan fingerprint density at radius 2 is 1.86 bits per heavy atom. The van der Waals surface area contributed by atoms with Crippen molar-refractivity contribution >= 4 is 28.7 Å². The Morgan fingerprint density at radius 3 is 2.64 bits per heavy atom. The molecule has 0 aliphatic heterocycles. The standard InChI is InChI=1S/C17H17N3OS/c1-21-14-9-7-13(8-10-14)18-17(22)20-19-16-11-6-12-4-2-3-5-15(12)16/h2-5,7-11,19H,6H2,1H3,(H2,18,20,22). The summed E-state index contributed by atoms with van der Waals surface area (Å²) in [5.41, 5.74) is 10.7. The second-order valence-electron chi connectivity index (χ2n) is 4.91. The first-order chi connectivity index (χ1) is 10.8. The van der Waals surface area contributed by atoms with E-state index in [9.17, 15) is 0 Å². The third-order valence-corrected chi connectivity index (χ3v) is 3.70. The van der Waals surface area contributed by atoms with Gasteiger partial charge in [0.25, 0.3) is 0 Å². The van der Waals surface area contributed by atoms with Crippen LogP contribution in [0.15, 0.2) is 54.6 Å². The molecule has 0 saturated heterocycles. The monoisotopic (exact) mass is 311 g/mol. The molecule has 3 N–H and O–H groups in total. The lowest BCUT2D eigenvalue weighted by Gasteiger charge is -2.14. The smallest absolute Gasteiger partial charge is 0.189 e. The van der Waals surface area contributed by atoms with Gasteiger partial charge in [0.05, 0.1) is 12.8 Å². The Labute approximate surface area is 135 Å². The Bertz CT molecular complexity index is 710. The van der Waals surface area contributed by atoms with Crippen molar-refractivity contribution in [3.63, 3.8) is 0 Å². The molecule has 4 nitrogen and oxygen atoms in total. The van der Waals surface area contributed by atoms with E-state index in [0.717, 1.165) is 23.6 Å². The van der Waals surface area contributed by atoms with Crippen LogP contribution in [0.5, 0.6) is 5.75 Å². The third kappa shape index (κ3) is 3.20. The lowest BCUT2D eigenvalue weighted by atomic mass is 10.1. The Hall–Kier alpha value is -2.53. The highest BCUT2D eigenvalue weighted by atomic mass is 32.1. The second kappa shape index (κ2) is 6.49. The maximum atomic E-state index is 5.29. The molecule has 0 atom stereocenters. The maximum Gasteiger partial charge on any atom is 0.189 e. The lowest BCUT2D eigenvalue weighted by Crippen LogP contribution is -2.38. The number of rotatable bonds is 4. The number of methoxy groups -OCH3 is 1. The number of hydrogen-bond donors (Lipinski definition) is 3. The first-order valence-electron chi connectivity index (χ1n) is 7.02. The van der Waals surface area contributed by atoms with Gasteiger partial charge in [-0.2, -0.15) is 0 Å². The third-order valence-electron chi connectivity index (χ3n) is 3.49. The summed E-state index contributed by atoms with van der Waals surface area (Å²) in [5.74, 6) is 0.815. The molecule has 0 heterocycles. The molecule has 0 spiro atoms. The molecule has 0 aromatic heterocycles. The fraction of sp³-hybridized carbons (Fsp3) is 0.118. The largest absolute Gasteiger partial charge is 0.497 e. The molecular formula is C17H17N3OS. The molecule has 5 heteroatoms. The molecular weight excluding hydrogens is 294 g/mol. The molecule has 3 rings (SSSR count). The summed E-state index contributed by atoms with van der Waals surface area (Å²) in [6, 6.07) is 15.9. The number of fused-ring (bicyclic) bond motifs is 1. The molecule has 2 aromatic carbocycles. The van der Waals surface area contributed by atoms with Crippen LogP contribution >= 0.6 is 12.2 Å². The van der Waals surface area contributed by atoms with E-state index in [1.807, 2.05) is 30.3 Å². The van der Waals surface area contributed by atoms with E-state index in [2.05, 4.69) is 40.4 Å². The van der Waals surface area contributed by atoms with Gasteiger partial charge in [0.1, 0.15) is 5.75 Å². The molecule has 0 radical (unpaired) electrons. The van der Waals surface area contributed by atoms with Crippen LogP contribution in [0.4, 0.5) is 5.69 Å². The minimum Gasteiger partial charge on any atom is -0.497 e. The Kier molecular flexibility index (Phi) is 4.25. The van der Waals surface area contributed by atoms with Gasteiger partial charge in [-0.3, -0.25) is 10.9 Å². The summed E-state index contributed by atoms with van der Waals surface area (Å²) >= 11 is 5.29. The number of thiocarbonyl (C=S) groups is 1. The van der Waals surface area contributed by atoms with Gasteiger partial charge in [0, 0.05) is 11.3 Å². The highest BCUT2D eigenvalue weighted by molar-refractivity contribution is 7.80. The van der Waals surface area contributed by atoms with Gasteiger partial charge < -0.3 is 10.1 Å². The van der Waals surface area contributed by atoms with Crippen molar-refractivity contribution in [2.45, 2.75) is 6.42 Å². The number of hydrogen-bond acceptors (Lipinski definition) is 3. The van der Waals surface area contributed by atoms with Gasteiger partial charge in [0.2, 0.25) is 0 Å². The summed E-state index contributed by atoms with van der Waals surface area (Å²) < 4.78 is 5.13.